The Balaban J connectivity index is 1.26. The molecule has 0 radical (unpaired) electrons. The van der Waals surface area contributed by atoms with Crippen molar-refractivity contribution in [3.05, 3.63) is 54.1 Å². The van der Waals surface area contributed by atoms with E-state index in [4.69, 9.17) is 9.47 Å². The molecule has 1 spiro atoms. The summed E-state index contributed by atoms with van der Waals surface area (Å²) in [5.74, 6) is 0.844. The van der Waals surface area contributed by atoms with Gasteiger partial charge in [0.05, 0.1) is 19.8 Å². The first-order valence-corrected chi connectivity index (χ1v) is 9.38. The molecule has 1 saturated heterocycles. The maximum absolute atomic E-state index is 5.81. The summed E-state index contributed by atoms with van der Waals surface area (Å²) in [5.41, 5.74) is 1.37. The highest BCUT2D eigenvalue weighted by molar-refractivity contribution is 5.14. The van der Waals surface area contributed by atoms with Gasteiger partial charge in [-0.1, -0.05) is 30.3 Å². The van der Waals surface area contributed by atoms with Gasteiger partial charge in [-0.2, -0.15) is 0 Å². The minimum Gasteiger partial charge on any atom is -0.348 e. The Morgan fingerprint density at radius 2 is 1.88 bits per heavy atom. The van der Waals surface area contributed by atoms with Gasteiger partial charge in [0.1, 0.15) is 5.82 Å². The smallest absolute Gasteiger partial charge is 0.168 e. The number of ether oxygens (including phenoxy) is 2. The van der Waals surface area contributed by atoms with E-state index in [1.807, 2.05) is 6.20 Å². The Morgan fingerprint density at radius 1 is 1.12 bits per heavy atom. The van der Waals surface area contributed by atoms with Crippen molar-refractivity contribution in [1.29, 1.82) is 0 Å². The average Bonchev–Trinajstić information content (AvgIpc) is 3.30. The minimum atomic E-state index is -0.271. The second kappa shape index (κ2) is 7.68. The molecule has 2 aliphatic rings. The predicted octanol–water partition coefficient (Wildman–Crippen LogP) is 2.90. The van der Waals surface area contributed by atoms with E-state index < -0.39 is 0 Å². The molecule has 1 aliphatic heterocycles. The number of hydrogen-bond donors (Lipinski definition) is 1. The molecule has 0 unspecified atom stereocenters. The van der Waals surface area contributed by atoms with Crippen molar-refractivity contribution in [2.45, 2.75) is 57.0 Å². The molecule has 2 aromatic rings. The van der Waals surface area contributed by atoms with Crippen LogP contribution in [0.5, 0.6) is 0 Å². The van der Waals surface area contributed by atoms with E-state index in [1.54, 1.807) is 0 Å². The fraction of sp³-hybridized carbons (Fsp3) is 0.550. The molecule has 0 bridgehead atoms. The lowest BCUT2D eigenvalue weighted by atomic mass is 9.90. The van der Waals surface area contributed by atoms with E-state index in [1.165, 1.54) is 5.56 Å². The fourth-order valence-corrected chi connectivity index (χ4v) is 3.89. The predicted molar refractivity (Wildman–Crippen MR) is 96.1 cm³/mol. The van der Waals surface area contributed by atoms with Gasteiger partial charge < -0.3 is 19.4 Å². The van der Waals surface area contributed by atoms with Crippen LogP contribution >= 0.6 is 0 Å². The number of aryl methyl sites for hydroxylation is 2. The van der Waals surface area contributed by atoms with E-state index >= 15 is 0 Å². The van der Waals surface area contributed by atoms with Crippen LogP contribution in [0.15, 0.2) is 42.7 Å². The van der Waals surface area contributed by atoms with Crippen molar-refractivity contribution in [3.63, 3.8) is 0 Å². The van der Waals surface area contributed by atoms with Crippen molar-refractivity contribution < 1.29 is 9.47 Å². The monoisotopic (exact) mass is 341 g/mol. The summed E-state index contributed by atoms with van der Waals surface area (Å²) in [6, 6.07) is 11.1. The number of rotatable bonds is 6. The maximum Gasteiger partial charge on any atom is 0.168 e. The lowest BCUT2D eigenvalue weighted by Gasteiger charge is -2.35. The Bertz CT molecular complexity index is 655. The molecule has 0 atom stereocenters. The highest BCUT2D eigenvalue weighted by Crippen LogP contribution is 2.35. The van der Waals surface area contributed by atoms with E-state index in [0.717, 1.165) is 64.2 Å². The van der Waals surface area contributed by atoms with Crippen LogP contribution in [0.25, 0.3) is 0 Å². The lowest BCUT2D eigenvalue weighted by molar-refractivity contribution is -0.179. The topological polar surface area (TPSA) is 48.3 Å². The van der Waals surface area contributed by atoms with Crippen LogP contribution in [0.3, 0.4) is 0 Å². The van der Waals surface area contributed by atoms with Crippen LogP contribution in [-0.2, 0) is 29.0 Å². The molecule has 5 heteroatoms. The molecule has 2 heterocycles. The first-order valence-electron chi connectivity index (χ1n) is 9.38. The SMILES string of the molecule is c1ccc(CCn2ccnc2CNC2CCC3(CC2)OCCO3)cc1. The molecule has 5 nitrogen and oxygen atoms in total. The molecule has 1 saturated carbocycles. The zero-order valence-corrected chi connectivity index (χ0v) is 14.7. The first kappa shape index (κ1) is 16.8. The molecule has 1 aromatic heterocycles. The van der Waals surface area contributed by atoms with Gasteiger partial charge in [0.25, 0.3) is 0 Å². The Morgan fingerprint density at radius 3 is 2.64 bits per heavy atom. The maximum atomic E-state index is 5.81. The van der Waals surface area contributed by atoms with Crippen molar-refractivity contribution >= 4 is 0 Å². The largest absolute Gasteiger partial charge is 0.348 e. The molecule has 25 heavy (non-hydrogen) atoms. The average molecular weight is 341 g/mol. The second-order valence-corrected chi connectivity index (χ2v) is 7.04. The van der Waals surface area contributed by atoms with E-state index in [-0.39, 0.29) is 5.79 Å². The van der Waals surface area contributed by atoms with Crippen molar-refractivity contribution in [2.24, 2.45) is 0 Å². The van der Waals surface area contributed by atoms with Crippen molar-refractivity contribution in [2.75, 3.05) is 13.2 Å². The summed E-state index contributed by atoms with van der Waals surface area (Å²) in [5, 5.41) is 3.67. The van der Waals surface area contributed by atoms with Gasteiger partial charge in [-0.3, -0.25) is 0 Å². The van der Waals surface area contributed by atoms with Gasteiger partial charge in [-0.05, 0) is 24.8 Å². The lowest BCUT2D eigenvalue weighted by Crippen LogP contribution is -2.42. The van der Waals surface area contributed by atoms with Gasteiger partial charge in [0.15, 0.2) is 5.79 Å². The van der Waals surface area contributed by atoms with Gasteiger partial charge in [0, 0.05) is 37.8 Å². The number of nitrogens with one attached hydrogen (secondary N) is 1. The van der Waals surface area contributed by atoms with E-state index in [9.17, 15) is 0 Å². The van der Waals surface area contributed by atoms with Gasteiger partial charge in [-0.25, -0.2) is 4.98 Å². The molecule has 1 N–H and O–H groups in total. The minimum absolute atomic E-state index is 0.271. The number of benzene rings is 1. The third-order valence-corrected chi connectivity index (χ3v) is 5.40. The Labute approximate surface area is 149 Å². The molecular formula is C20H27N3O2. The van der Waals surface area contributed by atoms with Crippen LogP contribution in [0, 0.1) is 0 Å². The van der Waals surface area contributed by atoms with Crippen molar-refractivity contribution in [3.8, 4) is 0 Å². The molecule has 134 valence electrons. The molecule has 0 amide bonds. The molecule has 2 fully saturated rings. The number of aromatic nitrogens is 2. The van der Waals surface area contributed by atoms with Crippen LogP contribution < -0.4 is 5.32 Å². The third-order valence-electron chi connectivity index (χ3n) is 5.40. The van der Waals surface area contributed by atoms with Crippen LogP contribution in [0.1, 0.15) is 37.1 Å². The zero-order chi connectivity index (χ0) is 17.0. The highest BCUT2D eigenvalue weighted by atomic mass is 16.7. The standard InChI is InChI=1S/C20H27N3O2/c1-2-4-17(5-3-1)8-12-23-13-11-21-19(23)16-22-18-6-9-20(10-7-18)24-14-15-25-20/h1-5,11,13,18,22H,6-10,12,14-16H2. The summed E-state index contributed by atoms with van der Waals surface area (Å²) in [6.45, 7) is 3.28. The van der Waals surface area contributed by atoms with Crippen LogP contribution in [-0.4, -0.2) is 34.6 Å². The Kier molecular flexibility index (Phi) is 5.15. The van der Waals surface area contributed by atoms with Gasteiger partial charge in [-0.15, -0.1) is 0 Å². The van der Waals surface area contributed by atoms with Crippen molar-refractivity contribution in [1.82, 2.24) is 14.9 Å². The second-order valence-electron chi connectivity index (χ2n) is 7.04. The molecule has 1 aliphatic carbocycles. The van der Waals surface area contributed by atoms with Gasteiger partial charge >= 0.3 is 0 Å². The van der Waals surface area contributed by atoms with E-state index in [2.05, 4.69) is 51.4 Å². The van der Waals surface area contributed by atoms with Crippen LogP contribution in [0.2, 0.25) is 0 Å². The summed E-state index contributed by atoms with van der Waals surface area (Å²) < 4.78 is 13.9. The first-order chi connectivity index (χ1) is 12.3. The normalized spacial score (nSPS) is 20.3. The highest BCUT2D eigenvalue weighted by Gasteiger charge is 2.40. The zero-order valence-electron chi connectivity index (χ0n) is 14.7. The van der Waals surface area contributed by atoms with E-state index in [0.29, 0.717) is 6.04 Å². The summed E-state index contributed by atoms with van der Waals surface area (Å²) in [7, 11) is 0. The summed E-state index contributed by atoms with van der Waals surface area (Å²) >= 11 is 0. The quantitative estimate of drug-likeness (QED) is 0.878. The number of nitrogens with zero attached hydrogens (tertiary/aromatic N) is 2. The summed E-state index contributed by atoms with van der Waals surface area (Å²) in [6.07, 6.45) is 9.20. The molecule has 4 rings (SSSR count). The number of imidazole rings is 1. The fourth-order valence-electron chi connectivity index (χ4n) is 3.89. The summed E-state index contributed by atoms with van der Waals surface area (Å²) in [4.78, 5) is 4.53. The van der Waals surface area contributed by atoms with Crippen LogP contribution in [0.4, 0.5) is 0 Å². The molecule has 1 aromatic carbocycles. The third kappa shape index (κ3) is 4.11. The molecular weight excluding hydrogens is 314 g/mol. The number of hydrogen-bond acceptors (Lipinski definition) is 4. The van der Waals surface area contributed by atoms with Gasteiger partial charge in [0.2, 0.25) is 0 Å². The Hall–Kier alpha value is -1.69.